The fourth-order valence-corrected chi connectivity index (χ4v) is 3.40. The molecule has 31 heavy (non-hydrogen) atoms. The highest BCUT2D eigenvalue weighted by Crippen LogP contribution is 2.22. The van der Waals surface area contributed by atoms with E-state index in [4.69, 9.17) is 0 Å². The fraction of sp³-hybridized carbons (Fsp3) is 0.250. The minimum atomic E-state index is -0.316. The van der Waals surface area contributed by atoms with E-state index >= 15 is 0 Å². The van der Waals surface area contributed by atoms with Crippen molar-refractivity contribution >= 4 is 22.6 Å². The van der Waals surface area contributed by atoms with E-state index in [1.807, 2.05) is 6.07 Å². The van der Waals surface area contributed by atoms with Gasteiger partial charge in [-0.05, 0) is 28.7 Å². The number of carbonyl (C=O) groups is 1. The summed E-state index contributed by atoms with van der Waals surface area (Å²) in [4.78, 5) is 29.4. The maximum absolute atomic E-state index is 12.6. The van der Waals surface area contributed by atoms with Crippen LogP contribution in [0.25, 0.3) is 10.9 Å². The monoisotopic (exact) mass is 415 g/mol. The van der Waals surface area contributed by atoms with Gasteiger partial charge in [0.25, 0.3) is 5.56 Å². The summed E-state index contributed by atoms with van der Waals surface area (Å²) in [6.45, 7) is 6.95. The number of amides is 1. The average molecular weight is 415 g/mol. The van der Waals surface area contributed by atoms with Crippen molar-refractivity contribution in [2.75, 3.05) is 5.32 Å². The molecule has 1 N–H and O–H groups in total. The van der Waals surface area contributed by atoms with Crippen LogP contribution in [0.15, 0.2) is 71.9 Å². The summed E-state index contributed by atoms with van der Waals surface area (Å²) in [6, 6.07) is 17.2. The maximum Gasteiger partial charge on any atom is 0.261 e. The predicted molar refractivity (Wildman–Crippen MR) is 121 cm³/mol. The Labute approximate surface area is 180 Å². The van der Waals surface area contributed by atoms with Gasteiger partial charge in [-0.15, -0.1) is 0 Å². The molecule has 4 aromatic rings. The Morgan fingerprint density at radius 1 is 1.03 bits per heavy atom. The molecule has 0 saturated heterocycles. The molecule has 2 heterocycles. The Morgan fingerprint density at radius 3 is 2.52 bits per heavy atom. The highest BCUT2D eigenvalue weighted by molar-refractivity contribution is 5.89. The first-order chi connectivity index (χ1) is 14.8. The number of fused-ring (bicyclic) bond motifs is 1. The number of nitrogens with zero attached hydrogens (tertiary/aromatic N) is 4. The normalized spacial score (nSPS) is 11.6. The second-order valence-electron chi connectivity index (χ2n) is 8.56. The minimum absolute atomic E-state index is 0.0963. The van der Waals surface area contributed by atoms with Crippen LogP contribution >= 0.6 is 0 Å². The molecule has 0 aliphatic rings. The minimum Gasteiger partial charge on any atom is -0.309 e. The predicted octanol–water partition coefficient (Wildman–Crippen LogP) is 3.58. The summed E-state index contributed by atoms with van der Waals surface area (Å²) < 4.78 is 3.04. The Morgan fingerprint density at radius 2 is 1.77 bits per heavy atom. The average Bonchev–Trinajstić information content (AvgIpc) is 3.16. The smallest absolute Gasteiger partial charge is 0.261 e. The van der Waals surface area contributed by atoms with E-state index in [0.29, 0.717) is 23.3 Å². The molecule has 0 atom stereocenters. The van der Waals surface area contributed by atoms with Crippen LogP contribution in [0.5, 0.6) is 0 Å². The van der Waals surface area contributed by atoms with Crippen molar-refractivity contribution in [1.82, 2.24) is 19.3 Å². The lowest BCUT2D eigenvalue weighted by Crippen LogP contribution is -2.28. The maximum atomic E-state index is 12.6. The molecule has 0 aliphatic heterocycles. The third kappa shape index (κ3) is 4.55. The lowest BCUT2D eigenvalue weighted by atomic mass is 9.87. The van der Waals surface area contributed by atoms with Gasteiger partial charge in [-0.3, -0.25) is 14.2 Å². The molecule has 0 radical (unpaired) electrons. The Hall–Kier alpha value is -3.74. The van der Waals surface area contributed by atoms with Crippen molar-refractivity contribution in [1.29, 1.82) is 0 Å². The van der Waals surface area contributed by atoms with Gasteiger partial charge in [-0.1, -0.05) is 57.2 Å². The van der Waals surface area contributed by atoms with Gasteiger partial charge < -0.3 is 5.32 Å². The molecule has 2 aromatic heterocycles. The number of para-hydroxylation sites is 1. The summed E-state index contributed by atoms with van der Waals surface area (Å²) in [6.07, 6.45) is 3.04. The van der Waals surface area contributed by atoms with Crippen molar-refractivity contribution < 1.29 is 4.79 Å². The van der Waals surface area contributed by atoms with Crippen LogP contribution in [0.1, 0.15) is 31.9 Å². The largest absolute Gasteiger partial charge is 0.309 e. The van der Waals surface area contributed by atoms with Gasteiger partial charge in [0, 0.05) is 6.07 Å². The van der Waals surface area contributed by atoms with Crippen molar-refractivity contribution in [2.24, 2.45) is 0 Å². The summed E-state index contributed by atoms with van der Waals surface area (Å²) in [5.74, 6) is 0.260. The van der Waals surface area contributed by atoms with Crippen LogP contribution in [0, 0.1) is 0 Å². The van der Waals surface area contributed by atoms with Gasteiger partial charge in [-0.2, -0.15) is 5.10 Å². The first kappa shape index (κ1) is 20.5. The zero-order chi connectivity index (χ0) is 22.0. The summed E-state index contributed by atoms with van der Waals surface area (Å²) in [7, 11) is 0. The second kappa shape index (κ2) is 8.18. The fourth-order valence-electron chi connectivity index (χ4n) is 3.40. The Balaban J connectivity index is 1.46. The highest BCUT2D eigenvalue weighted by atomic mass is 16.2. The van der Waals surface area contributed by atoms with Gasteiger partial charge >= 0.3 is 0 Å². The van der Waals surface area contributed by atoms with E-state index in [9.17, 15) is 9.59 Å². The van der Waals surface area contributed by atoms with Crippen LogP contribution in [0.4, 0.5) is 5.82 Å². The van der Waals surface area contributed by atoms with Gasteiger partial charge in [0.15, 0.2) is 0 Å². The van der Waals surface area contributed by atoms with Gasteiger partial charge in [0.2, 0.25) is 5.91 Å². The van der Waals surface area contributed by atoms with E-state index in [1.54, 1.807) is 35.1 Å². The topological polar surface area (TPSA) is 81.8 Å². The van der Waals surface area contributed by atoms with Crippen molar-refractivity contribution in [2.45, 2.75) is 39.3 Å². The number of benzene rings is 2. The molecule has 4 rings (SSSR count). The molecule has 7 heteroatoms. The van der Waals surface area contributed by atoms with Gasteiger partial charge in [0.1, 0.15) is 12.4 Å². The number of hydrogen-bond acceptors (Lipinski definition) is 4. The molecule has 0 saturated carbocycles. The van der Waals surface area contributed by atoms with E-state index in [1.165, 1.54) is 16.5 Å². The molecule has 0 fully saturated rings. The molecule has 2 aromatic carbocycles. The van der Waals surface area contributed by atoms with Crippen molar-refractivity contribution in [3.63, 3.8) is 0 Å². The molecular formula is C24H25N5O2. The standard InChI is InChI=1S/C24H25N5O2/c1-24(2,3)18-10-8-17(9-11-18)14-29-21(12-13-26-29)27-22(30)15-28-16-25-20-7-5-4-6-19(20)23(28)31/h4-13,16H,14-15H2,1-3H3,(H,27,30). The summed E-state index contributed by atoms with van der Waals surface area (Å²) >= 11 is 0. The van der Waals surface area contributed by atoms with Crippen molar-refractivity contribution in [3.8, 4) is 0 Å². The number of carbonyl (C=O) groups excluding carboxylic acids is 1. The van der Waals surface area contributed by atoms with Crippen LogP contribution in [0.2, 0.25) is 0 Å². The third-order valence-electron chi connectivity index (χ3n) is 5.18. The SMILES string of the molecule is CC(C)(C)c1ccc(Cn2nccc2NC(=O)Cn2cnc3ccccc3c2=O)cc1. The number of aromatic nitrogens is 4. The number of rotatable bonds is 5. The van der Waals surface area contributed by atoms with Crippen LogP contribution < -0.4 is 10.9 Å². The summed E-state index contributed by atoms with van der Waals surface area (Å²) in [5, 5.41) is 7.65. The lowest BCUT2D eigenvalue weighted by molar-refractivity contribution is -0.116. The molecule has 1 amide bonds. The summed E-state index contributed by atoms with van der Waals surface area (Å²) in [5.41, 5.74) is 2.81. The van der Waals surface area contributed by atoms with E-state index in [-0.39, 0.29) is 23.4 Å². The van der Waals surface area contributed by atoms with E-state index in [2.05, 4.69) is 60.4 Å². The molecule has 158 valence electrons. The second-order valence-corrected chi connectivity index (χ2v) is 8.56. The van der Waals surface area contributed by atoms with E-state index < -0.39 is 0 Å². The molecule has 0 unspecified atom stereocenters. The van der Waals surface area contributed by atoms with Gasteiger partial charge in [0.05, 0.1) is 30.0 Å². The Kier molecular flexibility index (Phi) is 5.42. The zero-order valence-corrected chi connectivity index (χ0v) is 17.9. The zero-order valence-electron chi connectivity index (χ0n) is 17.9. The number of nitrogens with one attached hydrogen (secondary N) is 1. The highest BCUT2D eigenvalue weighted by Gasteiger charge is 2.14. The molecule has 7 nitrogen and oxygen atoms in total. The molecule has 0 bridgehead atoms. The molecule has 0 aliphatic carbocycles. The lowest BCUT2D eigenvalue weighted by Gasteiger charge is -2.19. The van der Waals surface area contributed by atoms with Crippen LogP contribution in [0.3, 0.4) is 0 Å². The van der Waals surface area contributed by atoms with E-state index in [0.717, 1.165) is 5.56 Å². The number of hydrogen-bond donors (Lipinski definition) is 1. The van der Waals surface area contributed by atoms with Crippen molar-refractivity contribution in [3.05, 3.63) is 88.6 Å². The first-order valence-electron chi connectivity index (χ1n) is 10.2. The van der Waals surface area contributed by atoms with Crippen LogP contribution in [-0.4, -0.2) is 25.2 Å². The van der Waals surface area contributed by atoms with Crippen LogP contribution in [-0.2, 0) is 23.3 Å². The molecule has 0 spiro atoms. The molecular weight excluding hydrogens is 390 g/mol. The Bertz CT molecular complexity index is 1280. The van der Waals surface area contributed by atoms with Gasteiger partial charge in [-0.25, -0.2) is 9.67 Å². The first-order valence-corrected chi connectivity index (χ1v) is 10.2. The third-order valence-corrected chi connectivity index (χ3v) is 5.18. The quantitative estimate of drug-likeness (QED) is 0.540. The number of anilines is 1.